The fourth-order valence-corrected chi connectivity index (χ4v) is 5.18. The van der Waals surface area contributed by atoms with Crippen molar-refractivity contribution in [2.75, 3.05) is 19.7 Å². The summed E-state index contributed by atoms with van der Waals surface area (Å²) in [5, 5.41) is 12.6. The summed E-state index contributed by atoms with van der Waals surface area (Å²) in [5.41, 5.74) is 6.24. The lowest BCUT2D eigenvalue weighted by Gasteiger charge is -2.34. The molecule has 0 saturated carbocycles. The molecule has 0 radical (unpaired) electrons. The second-order valence-corrected chi connectivity index (χ2v) is 9.18. The molecular formula is C26H26N2O2. The number of rotatable bonds is 3. The summed E-state index contributed by atoms with van der Waals surface area (Å²) < 4.78 is 6.15. The smallest absolute Gasteiger partial charge is 0.193 e. The number of hydrogen-bond donors (Lipinski definition) is 1. The number of allylic oxidation sites excluding steroid dienone is 2. The van der Waals surface area contributed by atoms with Crippen LogP contribution in [-0.4, -0.2) is 25.5 Å². The van der Waals surface area contributed by atoms with Crippen molar-refractivity contribution in [1.82, 2.24) is 5.32 Å². The van der Waals surface area contributed by atoms with E-state index in [2.05, 4.69) is 31.3 Å². The van der Waals surface area contributed by atoms with Crippen LogP contribution in [0.5, 0.6) is 5.75 Å². The predicted molar refractivity (Wildman–Crippen MR) is 117 cm³/mol. The SMILES string of the molecule is CC1(C)C2=C(C(=O)c3ccc(OCC4CCNCC4)cc31)c1ccc(C#N)cc1C2. The van der Waals surface area contributed by atoms with Crippen molar-refractivity contribution in [1.29, 1.82) is 5.26 Å². The third-order valence-corrected chi connectivity index (χ3v) is 7.01. The Morgan fingerprint density at radius 2 is 1.90 bits per heavy atom. The predicted octanol–water partition coefficient (Wildman–Crippen LogP) is 4.42. The molecular weight excluding hydrogens is 372 g/mol. The molecule has 0 unspecified atom stereocenters. The number of ketones is 1. The summed E-state index contributed by atoms with van der Waals surface area (Å²) in [4.78, 5) is 13.4. The maximum absolute atomic E-state index is 13.4. The Morgan fingerprint density at radius 1 is 1.13 bits per heavy atom. The molecule has 1 fully saturated rings. The van der Waals surface area contributed by atoms with Crippen molar-refractivity contribution in [3.8, 4) is 11.8 Å². The average molecular weight is 399 g/mol. The van der Waals surface area contributed by atoms with Crippen LogP contribution in [0.1, 0.15) is 59.3 Å². The van der Waals surface area contributed by atoms with Crippen LogP contribution in [0.3, 0.4) is 0 Å². The fraction of sp³-hybridized carbons (Fsp3) is 0.385. The number of benzene rings is 2. The first-order valence-electron chi connectivity index (χ1n) is 10.8. The van der Waals surface area contributed by atoms with E-state index in [0.717, 1.165) is 78.1 Å². The molecule has 2 aromatic rings. The Balaban J connectivity index is 1.47. The standard InChI is InChI=1S/C26H26N2O2/c1-26(2)22-13-19(30-15-16-7-9-28-10-8-16)4-6-21(22)25(29)24-20-5-3-17(14-27)11-18(20)12-23(24)26/h3-6,11,13,16,28H,7-10,12,15H2,1-2H3. The number of carbonyl (C=O) groups is 1. The van der Waals surface area contributed by atoms with Gasteiger partial charge in [0.25, 0.3) is 0 Å². The zero-order valence-corrected chi connectivity index (χ0v) is 17.5. The zero-order chi connectivity index (χ0) is 20.9. The Morgan fingerprint density at radius 3 is 2.67 bits per heavy atom. The summed E-state index contributed by atoms with van der Waals surface area (Å²) >= 11 is 0. The lowest BCUT2D eigenvalue weighted by Crippen LogP contribution is -2.31. The number of carbonyl (C=O) groups excluding carboxylic acids is 1. The molecule has 0 bridgehead atoms. The molecule has 1 saturated heterocycles. The van der Waals surface area contributed by atoms with Gasteiger partial charge in [0.1, 0.15) is 5.75 Å². The minimum Gasteiger partial charge on any atom is -0.493 e. The van der Waals surface area contributed by atoms with Crippen LogP contribution in [0.25, 0.3) is 5.57 Å². The third-order valence-electron chi connectivity index (χ3n) is 7.01. The van der Waals surface area contributed by atoms with Crippen molar-refractivity contribution in [3.63, 3.8) is 0 Å². The minimum absolute atomic E-state index is 0.0905. The van der Waals surface area contributed by atoms with E-state index in [9.17, 15) is 10.1 Å². The monoisotopic (exact) mass is 398 g/mol. The van der Waals surface area contributed by atoms with Gasteiger partial charge in [-0.05, 0) is 90.9 Å². The fourth-order valence-electron chi connectivity index (χ4n) is 5.18. The van der Waals surface area contributed by atoms with Crippen molar-refractivity contribution >= 4 is 11.4 Å². The average Bonchev–Trinajstić information content (AvgIpc) is 3.17. The van der Waals surface area contributed by atoms with Gasteiger partial charge in [-0.25, -0.2) is 0 Å². The van der Waals surface area contributed by atoms with Crippen LogP contribution in [0.2, 0.25) is 0 Å². The Kier molecular flexibility index (Phi) is 4.52. The maximum atomic E-state index is 13.4. The molecule has 4 nitrogen and oxygen atoms in total. The summed E-state index contributed by atoms with van der Waals surface area (Å²) in [6.07, 6.45) is 3.01. The molecule has 0 aromatic heterocycles. The Bertz CT molecular complexity index is 1110. The first-order valence-corrected chi connectivity index (χ1v) is 10.8. The van der Waals surface area contributed by atoms with Gasteiger partial charge in [-0.15, -0.1) is 0 Å². The minimum atomic E-state index is -0.265. The highest BCUT2D eigenvalue weighted by molar-refractivity contribution is 6.33. The third kappa shape index (κ3) is 2.97. The number of Topliss-reactive ketones (excluding diaryl/α,β-unsaturated/α-hetero) is 1. The van der Waals surface area contributed by atoms with Gasteiger partial charge in [0.2, 0.25) is 0 Å². The summed E-state index contributed by atoms with van der Waals surface area (Å²) in [6.45, 7) is 7.24. The van der Waals surface area contributed by atoms with E-state index < -0.39 is 0 Å². The number of nitrogens with one attached hydrogen (secondary N) is 1. The number of ether oxygens (including phenoxy) is 1. The number of fused-ring (bicyclic) bond motifs is 3. The number of piperidine rings is 1. The van der Waals surface area contributed by atoms with Crippen LogP contribution < -0.4 is 10.1 Å². The van der Waals surface area contributed by atoms with Crippen molar-refractivity contribution in [2.24, 2.45) is 5.92 Å². The van der Waals surface area contributed by atoms with Crippen LogP contribution in [0.4, 0.5) is 0 Å². The van der Waals surface area contributed by atoms with Gasteiger partial charge in [-0.3, -0.25) is 4.79 Å². The largest absolute Gasteiger partial charge is 0.493 e. The topological polar surface area (TPSA) is 62.1 Å². The van der Waals surface area contributed by atoms with Crippen LogP contribution >= 0.6 is 0 Å². The van der Waals surface area contributed by atoms with E-state index in [4.69, 9.17) is 4.74 Å². The first kappa shape index (κ1) is 19.1. The van der Waals surface area contributed by atoms with Crippen molar-refractivity contribution in [3.05, 3.63) is 69.8 Å². The first-order chi connectivity index (χ1) is 14.5. The molecule has 3 aliphatic rings. The Labute approximate surface area is 177 Å². The van der Waals surface area contributed by atoms with E-state index in [1.807, 2.05) is 30.3 Å². The van der Waals surface area contributed by atoms with Crippen molar-refractivity contribution < 1.29 is 9.53 Å². The molecule has 0 amide bonds. The van der Waals surface area contributed by atoms with Crippen molar-refractivity contribution in [2.45, 2.75) is 38.5 Å². The van der Waals surface area contributed by atoms with Crippen LogP contribution in [0.15, 0.2) is 42.0 Å². The van der Waals surface area contributed by atoms with E-state index in [1.165, 1.54) is 0 Å². The van der Waals surface area contributed by atoms with Crippen LogP contribution in [0, 0.1) is 17.2 Å². The molecule has 30 heavy (non-hydrogen) atoms. The van der Waals surface area contributed by atoms with Gasteiger partial charge >= 0.3 is 0 Å². The molecule has 0 atom stereocenters. The number of nitriles is 1. The Hall–Kier alpha value is -2.90. The molecule has 2 aromatic carbocycles. The molecule has 1 heterocycles. The zero-order valence-electron chi connectivity index (χ0n) is 17.5. The van der Waals surface area contributed by atoms with Gasteiger partial charge in [-0.2, -0.15) is 5.26 Å². The number of hydrogen-bond acceptors (Lipinski definition) is 4. The highest BCUT2D eigenvalue weighted by atomic mass is 16.5. The number of nitrogens with zero attached hydrogens (tertiary/aromatic N) is 1. The molecule has 5 rings (SSSR count). The second-order valence-electron chi connectivity index (χ2n) is 9.18. The van der Waals surface area contributed by atoms with E-state index >= 15 is 0 Å². The van der Waals surface area contributed by atoms with E-state index in [0.29, 0.717) is 11.5 Å². The summed E-state index contributed by atoms with van der Waals surface area (Å²) in [6, 6.07) is 13.8. The molecule has 152 valence electrons. The lowest BCUT2D eigenvalue weighted by atomic mass is 9.68. The molecule has 4 heteroatoms. The van der Waals surface area contributed by atoms with Gasteiger partial charge in [0.05, 0.1) is 18.2 Å². The summed E-state index contributed by atoms with van der Waals surface area (Å²) in [7, 11) is 0. The van der Waals surface area contributed by atoms with Gasteiger partial charge in [0, 0.05) is 16.6 Å². The second kappa shape index (κ2) is 7.11. The van der Waals surface area contributed by atoms with Gasteiger partial charge < -0.3 is 10.1 Å². The van der Waals surface area contributed by atoms with Gasteiger partial charge in [-0.1, -0.05) is 19.9 Å². The normalized spacial score (nSPS) is 19.7. The molecule has 1 N–H and O–H groups in total. The highest BCUT2D eigenvalue weighted by Crippen LogP contribution is 2.50. The summed E-state index contributed by atoms with van der Waals surface area (Å²) in [5.74, 6) is 1.53. The van der Waals surface area contributed by atoms with E-state index in [1.54, 1.807) is 0 Å². The molecule has 2 aliphatic carbocycles. The quantitative estimate of drug-likeness (QED) is 0.831. The lowest BCUT2D eigenvalue weighted by molar-refractivity contribution is 0.105. The van der Waals surface area contributed by atoms with Crippen LogP contribution in [-0.2, 0) is 11.8 Å². The maximum Gasteiger partial charge on any atom is 0.193 e. The molecule has 0 spiro atoms. The van der Waals surface area contributed by atoms with E-state index in [-0.39, 0.29) is 11.2 Å². The molecule has 1 aliphatic heterocycles. The van der Waals surface area contributed by atoms with Gasteiger partial charge in [0.15, 0.2) is 5.78 Å². The highest BCUT2D eigenvalue weighted by Gasteiger charge is 2.42.